The van der Waals surface area contributed by atoms with Gasteiger partial charge in [-0.05, 0) is 24.1 Å². The van der Waals surface area contributed by atoms with Gasteiger partial charge in [-0.3, -0.25) is 19.3 Å². The van der Waals surface area contributed by atoms with Gasteiger partial charge in [-0.2, -0.15) is 0 Å². The smallest absolute Gasteiger partial charge is 0.251 e. The van der Waals surface area contributed by atoms with E-state index in [0.717, 1.165) is 17.4 Å². The molecule has 0 bridgehead atoms. The van der Waals surface area contributed by atoms with E-state index in [-0.39, 0.29) is 12.0 Å². The van der Waals surface area contributed by atoms with Crippen molar-refractivity contribution in [3.05, 3.63) is 53.2 Å². The first kappa shape index (κ1) is 16.9. The molecule has 0 saturated carbocycles. The Hall–Kier alpha value is -2.48. The number of nitrogens with one attached hydrogen (secondary N) is 1. The molecule has 0 atom stereocenters. The first-order valence-corrected chi connectivity index (χ1v) is 8.86. The van der Waals surface area contributed by atoms with Gasteiger partial charge in [0.05, 0.1) is 6.26 Å². The van der Waals surface area contributed by atoms with Crippen LogP contribution >= 0.6 is 0 Å². The minimum absolute atomic E-state index is 0.0316. The molecule has 0 aliphatic rings. The summed E-state index contributed by atoms with van der Waals surface area (Å²) in [4.78, 5) is 27.5. The number of sulfonamides is 1. The van der Waals surface area contributed by atoms with E-state index >= 15 is 0 Å². The number of aryl methyl sites for hydroxylation is 1. The molecule has 0 radical (unpaired) electrons. The van der Waals surface area contributed by atoms with Gasteiger partial charge in [-0.1, -0.05) is 6.07 Å². The first-order chi connectivity index (χ1) is 10.8. The maximum Gasteiger partial charge on any atom is 0.251 e. The average Bonchev–Trinajstić information content (AvgIpc) is 2.48. The van der Waals surface area contributed by atoms with E-state index < -0.39 is 15.9 Å². The number of carbonyl (C=O) groups is 1. The molecule has 1 amide bonds. The van der Waals surface area contributed by atoms with Gasteiger partial charge in [0.2, 0.25) is 15.9 Å². The predicted octanol–water partition coefficient (Wildman–Crippen LogP) is 0.766. The Morgan fingerprint density at radius 2 is 2.09 bits per heavy atom. The third kappa shape index (κ3) is 5.33. The summed E-state index contributed by atoms with van der Waals surface area (Å²) < 4.78 is 25.2. The van der Waals surface area contributed by atoms with Gasteiger partial charge in [0, 0.05) is 43.2 Å². The van der Waals surface area contributed by atoms with Crippen molar-refractivity contribution in [2.45, 2.75) is 19.4 Å². The van der Waals surface area contributed by atoms with Crippen LogP contribution in [0.15, 0.2) is 47.7 Å². The van der Waals surface area contributed by atoms with Crippen LogP contribution in [-0.4, -0.2) is 30.1 Å². The molecule has 2 rings (SSSR count). The zero-order valence-corrected chi connectivity index (χ0v) is 13.4. The highest BCUT2D eigenvalue weighted by Crippen LogP contribution is 2.15. The molecule has 122 valence electrons. The molecule has 0 unspecified atom stereocenters. The number of hydrogen-bond acceptors (Lipinski definition) is 5. The second kappa shape index (κ2) is 7.19. The van der Waals surface area contributed by atoms with Crippen molar-refractivity contribution >= 4 is 15.9 Å². The molecule has 0 fully saturated rings. The van der Waals surface area contributed by atoms with Crippen LogP contribution in [0.4, 0.5) is 0 Å². The van der Waals surface area contributed by atoms with Crippen LogP contribution in [0.2, 0.25) is 0 Å². The van der Waals surface area contributed by atoms with Crippen molar-refractivity contribution in [2.24, 2.45) is 0 Å². The third-order valence-electron chi connectivity index (χ3n) is 3.09. The highest BCUT2D eigenvalue weighted by Gasteiger charge is 2.08. The molecule has 1 N–H and O–H groups in total. The molecule has 0 aromatic carbocycles. The van der Waals surface area contributed by atoms with Crippen LogP contribution in [-0.2, 0) is 21.4 Å². The quantitative estimate of drug-likeness (QED) is 0.840. The molecule has 2 aromatic heterocycles. The highest BCUT2D eigenvalue weighted by molar-refractivity contribution is 7.89. The number of pyridine rings is 2. The van der Waals surface area contributed by atoms with Gasteiger partial charge < -0.3 is 4.57 Å². The Bertz CT molecular complexity index is 845. The minimum atomic E-state index is -3.54. The lowest BCUT2D eigenvalue weighted by Crippen LogP contribution is -2.29. The summed E-state index contributed by atoms with van der Waals surface area (Å²) in [6.07, 6.45) is 6.31. The maximum absolute atomic E-state index is 12.1. The molecule has 0 aliphatic carbocycles. The van der Waals surface area contributed by atoms with Gasteiger partial charge in [-0.15, -0.1) is 0 Å². The molecule has 2 heterocycles. The monoisotopic (exact) mass is 335 g/mol. The molecule has 0 aliphatic heterocycles. The lowest BCUT2D eigenvalue weighted by Gasteiger charge is -2.07. The maximum atomic E-state index is 12.1. The van der Waals surface area contributed by atoms with Crippen LogP contribution < -0.4 is 10.3 Å². The summed E-state index contributed by atoms with van der Waals surface area (Å²) in [6, 6.07) is 6.96. The summed E-state index contributed by atoms with van der Waals surface area (Å²) in [5.41, 5.74) is 1.44. The molecule has 7 nitrogen and oxygen atoms in total. The number of amides is 1. The summed E-state index contributed by atoms with van der Waals surface area (Å²) in [7, 11) is -3.54. The topological polar surface area (TPSA) is 98.1 Å². The molecule has 0 spiro atoms. The standard InChI is InChI=1S/C15H17N3O4S/c1-23(21,22)17-14(19)5-3-8-18-9-6-12(10-15(18)20)13-4-2-7-16-11-13/h2,4,6-7,9-11H,3,5,8H2,1H3,(H,17,19). The second-order valence-electron chi connectivity index (χ2n) is 5.09. The van der Waals surface area contributed by atoms with Crippen molar-refractivity contribution in [3.8, 4) is 11.1 Å². The minimum Gasteiger partial charge on any atom is -0.315 e. The van der Waals surface area contributed by atoms with Crippen LogP contribution in [0.3, 0.4) is 0 Å². The van der Waals surface area contributed by atoms with Crippen molar-refractivity contribution in [1.82, 2.24) is 14.3 Å². The highest BCUT2D eigenvalue weighted by atomic mass is 32.2. The van der Waals surface area contributed by atoms with Gasteiger partial charge in [0.15, 0.2) is 0 Å². The number of carbonyl (C=O) groups excluding carboxylic acids is 1. The average molecular weight is 335 g/mol. The lowest BCUT2D eigenvalue weighted by molar-refractivity contribution is -0.119. The van der Waals surface area contributed by atoms with Crippen molar-refractivity contribution in [2.75, 3.05) is 6.26 Å². The second-order valence-corrected chi connectivity index (χ2v) is 6.84. The van der Waals surface area contributed by atoms with Crippen LogP contribution in [0.25, 0.3) is 11.1 Å². The van der Waals surface area contributed by atoms with E-state index in [1.54, 1.807) is 30.7 Å². The third-order valence-corrected chi connectivity index (χ3v) is 3.69. The Kier molecular flexibility index (Phi) is 5.28. The number of nitrogens with zero attached hydrogens (tertiary/aromatic N) is 2. The number of rotatable bonds is 6. The molecular formula is C15H17N3O4S. The molecule has 8 heteroatoms. The van der Waals surface area contributed by atoms with Crippen molar-refractivity contribution in [3.63, 3.8) is 0 Å². The number of aromatic nitrogens is 2. The largest absolute Gasteiger partial charge is 0.315 e. The Morgan fingerprint density at radius 1 is 1.30 bits per heavy atom. The van der Waals surface area contributed by atoms with Gasteiger partial charge in [0.25, 0.3) is 5.56 Å². The zero-order valence-electron chi connectivity index (χ0n) is 12.6. The van der Waals surface area contributed by atoms with E-state index in [2.05, 4.69) is 4.98 Å². The summed E-state index contributed by atoms with van der Waals surface area (Å²) in [5, 5.41) is 0. The van der Waals surface area contributed by atoms with E-state index in [1.165, 1.54) is 10.6 Å². The molecule has 2 aromatic rings. The van der Waals surface area contributed by atoms with E-state index in [9.17, 15) is 18.0 Å². The van der Waals surface area contributed by atoms with Gasteiger partial charge in [0.1, 0.15) is 0 Å². The lowest BCUT2D eigenvalue weighted by atomic mass is 10.1. The SMILES string of the molecule is CS(=O)(=O)NC(=O)CCCn1ccc(-c2cccnc2)cc1=O. The Labute approximate surface area is 134 Å². The zero-order chi connectivity index (χ0) is 16.9. The van der Waals surface area contributed by atoms with Crippen LogP contribution in [0.1, 0.15) is 12.8 Å². The number of hydrogen-bond donors (Lipinski definition) is 1. The Morgan fingerprint density at radius 3 is 2.70 bits per heavy atom. The fourth-order valence-electron chi connectivity index (χ4n) is 2.07. The molecular weight excluding hydrogens is 318 g/mol. The van der Waals surface area contributed by atoms with Gasteiger partial charge >= 0.3 is 0 Å². The summed E-state index contributed by atoms with van der Waals surface area (Å²) >= 11 is 0. The van der Waals surface area contributed by atoms with E-state index in [1.807, 2.05) is 10.8 Å². The fourth-order valence-corrected chi connectivity index (χ4v) is 2.59. The normalized spacial score (nSPS) is 11.2. The summed E-state index contributed by atoms with van der Waals surface area (Å²) in [6.45, 7) is 0.337. The van der Waals surface area contributed by atoms with Crippen LogP contribution in [0.5, 0.6) is 0 Å². The van der Waals surface area contributed by atoms with Gasteiger partial charge in [-0.25, -0.2) is 8.42 Å². The van der Waals surface area contributed by atoms with Crippen molar-refractivity contribution in [1.29, 1.82) is 0 Å². The molecule has 23 heavy (non-hydrogen) atoms. The van der Waals surface area contributed by atoms with E-state index in [0.29, 0.717) is 13.0 Å². The van der Waals surface area contributed by atoms with E-state index in [4.69, 9.17) is 0 Å². The first-order valence-electron chi connectivity index (χ1n) is 6.97. The summed E-state index contributed by atoms with van der Waals surface area (Å²) in [5.74, 6) is -0.576. The Balaban J connectivity index is 1.97. The van der Waals surface area contributed by atoms with Crippen LogP contribution in [0, 0.1) is 0 Å². The fraction of sp³-hybridized carbons (Fsp3) is 0.267. The van der Waals surface area contributed by atoms with Crippen molar-refractivity contribution < 1.29 is 13.2 Å². The predicted molar refractivity (Wildman–Crippen MR) is 86.2 cm³/mol. The molecule has 0 saturated heterocycles.